The lowest BCUT2D eigenvalue weighted by Gasteiger charge is -2.02. The Labute approximate surface area is 110 Å². The molecule has 94 valence electrons. The number of fused-ring (bicyclic) bond motifs is 1. The Morgan fingerprint density at radius 3 is 2.63 bits per heavy atom. The number of nitrogens with one attached hydrogen (secondary N) is 1. The van der Waals surface area contributed by atoms with Crippen LogP contribution >= 0.6 is 0 Å². The average Bonchev–Trinajstić information content (AvgIpc) is 2.88. The predicted octanol–water partition coefficient (Wildman–Crippen LogP) is 2.64. The number of aryl methyl sites for hydroxylation is 1. The summed E-state index contributed by atoms with van der Waals surface area (Å²) in [5, 5.41) is 2.34. The van der Waals surface area contributed by atoms with Gasteiger partial charge in [0.05, 0.1) is 11.9 Å². The van der Waals surface area contributed by atoms with Crippen LogP contribution in [0.15, 0.2) is 42.6 Å². The monoisotopic (exact) mass is 251 g/mol. The van der Waals surface area contributed by atoms with E-state index in [1.54, 1.807) is 6.20 Å². The second-order valence-electron chi connectivity index (χ2n) is 4.58. The Morgan fingerprint density at radius 1 is 1.16 bits per heavy atom. The number of benzene rings is 2. The molecule has 4 heteroatoms. The number of hydrogen-bond donors (Lipinski definition) is 2. The van der Waals surface area contributed by atoms with Crippen LogP contribution in [0.1, 0.15) is 16.2 Å². The van der Waals surface area contributed by atoms with E-state index in [1.165, 1.54) is 10.9 Å². The minimum Gasteiger partial charge on any atom is -0.363 e. The highest BCUT2D eigenvalue weighted by molar-refractivity contribution is 5.90. The van der Waals surface area contributed by atoms with Gasteiger partial charge >= 0.3 is 0 Å². The van der Waals surface area contributed by atoms with E-state index in [0.29, 0.717) is 0 Å². The molecule has 4 nitrogen and oxygen atoms in total. The highest BCUT2D eigenvalue weighted by Crippen LogP contribution is 2.23. The van der Waals surface area contributed by atoms with E-state index in [1.807, 2.05) is 6.07 Å². The SMILES string of the molecule is Cc1ccc2cc(-c3cnc(C(N)=O)[nH]3)ccc2c1. The van der Waals surface area contributed by atoms with Crippen molar-refractivity contribution in [2.24, 2.45) is 5.73 Å². The second kappa shape index (κ2) is 4.24. The van der Waals surface area contributed by atoms with Crippen LogP contribution in [-0.4, -0.2) is 15.9 Å². The Balaban J connectivity index is 2.09. The van der Waals surface area contributed by atoms with Crippen molar-refractivity contribution < 1.29 is 4.79 Å². The van der Waals surface area contributed by atoms with Crippen LogP contribution in [0, 0.1) is 6.92 Å². The highest BCUT2D eigenvalue weighted by Gasteiger charge is 2.07. The first-order valence-electron chi connectivity index (χ1n) is 5.99. The van der Waals surface area contributed by atoms with E-state index < -0.39 is 5.91 Å². The largest absolute Gasteiger partial charge is 0.363 e. The number of carbonyl (C=O) groups excluding carboxylic acids is 1. The molecular weight excluding hydrogens is 238 g/mol. The Morgan fingerprint density at radius 2 is 1.89 bits per heavy atom. The summed E-state index contributed by atoms with van der Waals surface area (Å²) in [6.45, 7) is 2.07. The van der Waals surface area contributed by atoms with Gasteiger partial charge in [-0.15, -0.1) is 0 Å². The third-order valence-corrected chi connectivity index (χ3v) is 3.12. The lowest BCUT2D eigenvalue weighted by molar-refractivity contribution is 0.0991. The third kappa shape index (κ3) is 2.08. The fraction of sp³-hybridized carbons (Fsp3) is 0.0667. The molecule has 0 saturated carbocycles. The summed E-state index contributed by atoms with van der Waals surface area (Å²) in [4.78, 5) is 17.9. The molecule has 0 bridgehead atoms. The number of primary amides is 1. The standard InChI is InChI=1S/C15H13N3O/c1-9-2-3-11-7-12(5-4-10(11)6-9)13-8-17-15(18-13)14(16)19/h2-8H,1H3,(H2,16,19)(H,17,18). The first kappa shape index (κ1) is 11.5. The van der Waals surface area contributed by atoms with Crippen molar-refractivity contribution >= 4 is 16.7 Å². The third-order valence-electron chi connectivity index (χ3n) is 3.12. The number of nitrogens with zero attached hydrogens (tertiary/aromatic N) is 1. The molecule has 3 aromatic rings. The smallest absolute Gasteiger partial charge is 0.284 e. The zero-order valence-electron chi connectivity index (χ0n) is 10.5. The van der Waals surface area contributed by atoms with E-state index in [4.69, 9.17) is 5.73 Å². The van der Waals surface area contributed by atoms with E-state index in [-0.39, 0.29) is 5.82 Å². The number of hydrogen-bond acceptors (Lipinski definition) is 2. The molecule has 0 aliphatic carbocycles. The number of rotatable bonds is 2. The molecule has 2 aromatic carbocycles. The van der Waals surface area contributed by atoms with Crippen LogP contribution in [0.3, 0.4) is 0 Å². The molecule has 0 atom stereocenters. The molecule has 0 aliphatic rings. The van der Waals surface area contributed by atoms with Gasteiger partial charge < -0.3 is 10.7 Å². The normalized spacial score (nSPS) is 10.8. The summed E-state index contributed by atoms with van der Waals surface area (Å²) in [5.41, 5.74) is 8.18. The average molecular weight is 251 g/mol. The van der Waals surface area contributed by atoms with Crippen molar-refractivity contribution in [1.82, 2.24) is 9.97 Å². The maximum atomic E-state index is 11.0. The molecule has 0 spiro atoms. The Kier molecular flexibility index (Phi) is 2.56. The number of aromatic amines is 1. The van der Waals surface area contributed by atoms with Crippen molar-refractivity contribution in [3.05, 3.63) is 54.0 Å². The molecule has 0 unspecified atom stereocenters. The number of imidazole rings is 1. The maximum Gasteiger partial charge on any atom is 0.284 e. The topological polar surface area (TPSA) is 71.8 Å². The summed E-state index contributed by atoms with van der Waals surface area (Å²) in [7, 11) is 0. The number of carbonyl (C=O) groups is 1. The Hall–Kier alpha value is -2.62. The van der Waals surface area contributed by atoms with Crippen molar-refractivity contribution in [2.45, 2.75) is 6.92 Å². The van der Waals surface area contributed by atoms with Crippen molar-refractivity contribution in [2.75, 3.05) is 0 Å². The molecule has 0 saturated heterocycles. The lowest BCUT2D eigenvalue weighted by Crippen LogP contribution is -2.12. The molecule has 3 rings (SSSR count). The highest BCUT2D eigenvalue weighted by atomic mass is 16.1. The molecular formula is C15H13N3O. The first-order valence-corrected chi connectivity index (χ1v) is 5.99. The van der Waals surface area contributed by atoms with E-state index in [2.05, 4.69) is 47.2 Å². The van der Waals surface area contributed by atoms with Gasteiger partial charge in [0.15, 0.2) is 5.82 Å². The quantitative estimate of drug-likeness (QED) is 0.735. The van der Waals surface area contributed by atoms with Gasteiger partial charge in [-0.05, 0) is 23.8 Å². The molecule has 1 heterocycles. The van der Waals surface area contributed by atoms with E-state index in [0.717, 1.165) is 16.6 Å². The van der Waals surface area contributed by atoms with Gasteiger partial charge in [0.25, 0.3) is 5.91 Å². The van der Waals surface area contributed by atoms with Gasteiger partial charge in [-0.2, -0.15) is 0 Å². The molecule has 0 radical (unpaired) electrons. The van der Waals surface area contributed by atoms with Gasteiger partial charge in [-0.25, -0.2) is 4.98 Å². The number of aromatic nitrogens is 2. The Bertz CT molecular complexity index is 774. The van der Waals surface area contributed by atoms with Crippen molar-refractivity contribution in [3.63, 3.8) is 0 Å². The summed E-state index contributed by atoms with van der Waals surface area (Å²) in [6.07, 6.45) is 1.62. The summed E-state index contributed by atoms with van der Waals surface area (Å²) >= 11 is 0. The van der Waals surface area contributed by atoms with Gasteiger partial charge in [-0.3, -0.25) is 4.79 Å². The van der Waals surface area contributed by atoms with E-state index >= 15 is 0 Å². The second-order valence-corrected chi connectivity index (χ2v) is 4.58. The molecule has 0 aliphatic heterocycles. The fourth-order valence-electron chi connectivity index (χ4n) is 2.13. The van der Waals surface area contributed by atoms with Crippen molar-refractivity contribution in [3.8, 4) is 11.3 Å². The molecule has 1 amide bonds. The summed E-state index contributed by atoms with van der Waals surface area (Å²) in [5.74, 6) is -0.373. The zero-order valence-corrected chi connectivity index (χ0v) is 10.5. The predicted molar refractivity (Wildman–Crippen MR) is 74.8 cm³/mol. The molecule has 19 heavy (non-hydrogen) atoms. The van der Waals surface area contributed by atoms with Crippen LogP contribution in [0.25, 0.3) is 22.0 Å². The molecule has 1 aromatic heterocycles. The number of amides is 1. The van der Waals surface area contributed by atoms with Crippen molar-refractivity contribution in [1.29, 1.82) is 0 Å². The van der Waals surface area contributed by atoms with Crippen LogP contribution in [-0.2, 0) is 0 Å². The number of H-pyrrole nitrogens is 1. The van der Waals surface area contributed by atoms with Crippen LogP contribution in [0.2, 0.25) is 0 Å². The summed E-state index contributed by atoms with van der Waals surface area (Å²) < 4.78 is 0. The van der Waals surface area contributed by atoms with Gasteiger partial charge in [0, 0.05) is 5.56 Å². The van der Waals surface area contributed by atoms with E-state index in [9.17, 15) is 4.79 Å². The first-order chi connectivity index (χ1) is 9.13. The minimum atomic E-state index is -0.553. The molecule has 3 N–H and O–H groups in total. The van der Waals surface area contributed by atoms with Gasteiger partial charge in [0.2, 0.25) is 0 Å². The minimum absolute atomic E-state index is 0.180. The lowest BCUT2D eigenvalue weighted by atomic mass is 10.0. The number of nitrogens with two attached hydrogens (primary N) is 1. The molecule has 0 fully saturated rings. The fourth-order valence-corrected chi connectivity index (χ4v) is 2.13. The van der Waals surface area contributed by atoms with Gasteiger partial charge in [-0.1, -0.05) is 35.9 Å². The van der Waals surface area contributed by atoms with Crippen LogP contribution in [0.4, 0.5) is 0 Å². The van der Waals surface area contributed by atoms with Gasteiger partial charge in [0.1, 0.15) is 0 Å². The summed E-state index contributed by atoms with van der Waals surface area (Å²) in [6, 6.07) is 12.4. The van der Waals surface area contributed by atoms with Crippen LogP contribution < -0.4 is 5.73 Å². The van der Waals surface area contributed by atoms with Crippen LogP contribution in [0.5, 0.6) is 0 Å². The maximum absolute atomic E-state index is 11.0. The zero-order chi connectivity index (χ0) is 13.4.